The third kappa shape index (κ3) is 5.26. The number of rotatable bonds is 6. The second-order valence-electron chi connectivity index (χ2n) is 4.63. The van der Waals surface area contributed by atoms with Gasteiger partial charge in [0.15, 0.2) is 0 Å². The van der Waals surface area contributed by atoms with E-state index in [0.717, 1.165) is 0 Å². The Kier molecular flexibility index (Phi) is 5.96. The summed E-state index contributed by atoms with van der Waals surface area (Å²) in [7, 11) is 0. The molecule has 0 aliphatic heterocycles. The van der Waals surface area contributed by atoms with Crippen LogP contribution in [0.5, 0.6) is 0 Å². The fourth-order valence-corrected chi connectivity index (χ4v) is 1.65. The van der Waals surface area contributed by atoms with Gasteiger partial charge in [0.2, 0.25) is 0 Å². The van der Waals surface area contributed by atoms with E-state index in [1.165, 1.54) is 6.07 Å². The van der Waals surface area contributed by atoms with Gasteiger partial charge in [-0.3, -0.25) is 4.79 Å². The summed E-state index contributed by atoms with van der Waals surface area (Å²) in [5, 5.41) is 13.7. The molecule has 0 saturated carbocycles. The summed E-state index contributed by atoms with van der Waals surface area (Å²) in [6.45, 7) is 3.71. The van der Waals surface area contributed by atoms with Gasteiger partial charge in [-0.05, 0) is 37.5 Å². The molecule has 0 fully saturated rings. The molecule has 1 aromatic carbocycles. The summed E-state index contributed by atoms with van der Waals surface area (Å²) in [5.74, 6) is -1.20. The van der Waals surface area contributed by atoms with Crippen LogP contribution >= 0.6 is 0 Å². The molecule has 0 unspecified atom stereocenters. The Hall–Kier alpha value is -2.11. The molecule has 0 aliphatic rings. The van der Waals surface area contributed by atoms with Crippen molar-refractivity contribution in [1.29, 1.82) is 0 Å². The number of hydrogen-bond donors (Lipinski definition) is 3. The quantitative estimate of drug-likeness (QED) is 0.701. The van der Waals surface area contributed by atoms with E-state index in [0.29, 0.717) is 17.5 Å². The van der Waals surface area contributed by atoms with Crippen molar-refractivity contribution in [2.45, 2.75) is 32.7 Å². The van der Waals surface area contributed by atoms with Crippen molar-refractivity contribution in [2.75, 3.05) is 6.54 Å². The van der Waals surface area contributed by atoms with Crippen molar-refractivity contribution < 1.29 is 19.1 Å². The van der Waals surface area contributed by atoms with Crippen LogP contribution in [0, 0.1) is 12.7 Å². The molecule has 110 valence electrons. The number of carboxylic acid groups (broad SMARTS) is 1. The zero-order valence-corrected chi connectivity index (χ0v) is 11.6. The Labute approximate surface area is 117 Å². The maximum atomic E-state index is 13.4. The third-order valence-electron chi connectivity index (χ3n) is 2.90. The van der Waals surface area contributed by atoms with Gasteiger partial charge in [-0.2, -0.15) is 0 Å². The van der Waals surface area contributed by atoms with E-state index in [2.05, 4.69) is 10.6 Å². The highest BCUT2D eigenvalue weighted by atomic mass is 19.1. The van der Waals surface area contributed by atoms with Crippen LogP contribution in [0.3, 0.4) is 0 Å². The van der Waals surface area contributed by atoms with Gasteiger partial charge in [-0.15, -0.1) is 0 Å². The summed E-state index contributed by atoms with van der Waals surface area (Å²) in [6, 6.07) is 4.08. The number of benzene rings is 1. The van der Waals surface area contributed by atoms with Crippen LogP contribution in [0.25, 0.3) is 0 Å². The van der Waals surface area contributed by atoms with Gasteiger partial charge in [0, 0.05) is 13.0 Å². The van der Waals surface area contributed by atoms with Crippen LogP contribution in [-0.2, 0) is 4.79 Å². The minimum Gasteiger partial charge on any atom is -0.481 e. The first-order chi connectivity index (χ1) is 9.40. The smallest absolute Gasteiger partial charge is 0.315 e. The lowest BCUT2D eigenvalue weighted by Crippen LogP contribution is -2.37. The molecule has 0 bridgehead atoms. The zero-order valence-electron chi connectivity index (χ0n) is 11.6. The molecule has 1 rings (SSSR count). The van der Waals surface area contributed by atoms with Crippen molar-refractivity contribution in [3.8, 4) is 0 Å². The van der Waals surface area contributed by atoms with Crippen LogP contribution in [0.2, 0.25) is 0 Å². The Balaban J connectivity index is 2.41. The molecule has 0 spiro atoms. The number of aliphatic carboxylic acids is 1. The summed E-state index contributed by atoms with van der Waals surface area (Å²) in [6.07, 6.45) is 0.384. The van der Waals surface area contributed by atoms with Gasteiger partial charge in [0.25, 0.3) is 0 Å². The van der Waals surface area contributed by atoms with Crippen molar-refractivity contribution in [3.63, 3.8) is 0 Å². The number of carbonyl (C=O) groups excluding carboxylic acids is 1. The Morgan fingerprint density at radius 2 is 2.10 bits per heavy atom. The highest BCUT2D eigenvalue weighted by molar-refractivity contribution is 5.74. The molecule has 3 N–H and O–H groups in total. The molecule has 1 aromatic rings. The van der Waals surface area contributed by atoms with E-state index < -0.39 is 12.0 Å². The largest absolute Gasteiger partial charge is 0.481 e. The molecule has 0 heterocycles. The monoisotopic (exact) mass is 282 g/mol. The lowest BCUT2D eigenvalue weighted by atomic mass is 10.1. The van der Waals surface area contributed by atoms with Crippen molar-refractivity contribution in [1.82, 2.24) is 10.6 Å². The van der Waals surface area contributed by atoms with E-state index in [1.807, 2.05) is 0 Å². The van der Waals surface area contributed by atoms with Crippen LogP contribution in [0.1, 0.15) is 36.9 Å². The van der Waals surface area contributed by atoms with Crippen LogP contribution in [0.4, 0.5) is 9.18 Å². The number of aryl methyl sites for hydroxylation is 1. The van der Waals surface area contributed by atoms with Gasteiger partial charge in [0.1, 0.15) is 5.82 Å². The molecular formula is C14H19FN2O3. The van der Waals surface area contributed by atoms with E-state index >= 15 is 0 Å². The average molecular weight is 282 g/mol. The molecule has 0 aliphatic carbocycles. The lowest BCUT2D eigenvalue weighted by Gasteiger charge is -2.15. The Morgan fingerprint density at radius 3 is 2.70 bits per heavy atom. The number of carboxylic acids is 1. The normalized spacial score (nSPS) is 11.8. The lowest BCUT2D eigenvalue weighted by molar-refractivity contribution is -0.137. The Bertz CT molecular complexity index is 491. The summed E-state index contributed by atoms with van der Waals surface area (Å²) >= 11 is 0. The highest BCUT2D eigenvalue weighted by Gasteiger charge is 2.10. The summed E-state index contributed by atoms with van der Waals surface area (Å²) in [5.41, 5.74) is 1.23. The first-order valence-corrected chi connectivity index (χ1v) is 6.42. The fourth-order valence-electron chi connectivity index (χ4n) is 1.65. The number of halogens is 1. The van der Waals surface area contributed by atoms with E-state index in [-0.39, 0.29) is 24.8 Å². The van der Waals surface area contributed by atoms with Crippen molar-refractivity contribution in [3.05, 3.63) is 35.1 Å². The van der Waals surface area contributed by atoms with Gasteiger partial charge in [-0.25, -0.2) is 9.18 Å². The molecule has 20 heavy (non-hydrogen) atoms. The van der Waals surface area contributed by atoms with Crippen molar-refractivity contribution in [2.24, 2.45) is 0 Å². The number of hydrogen-bond acceptors (Lipinski definition) is 2. The standard InChI is InChI=1S/C14H19FN2O3/c1-9-5-6-11(8-12(9)15)10(2)17-14(20)16-7-3-4-13(18)19/h5-6,8,10H,3-4,7H2,1-2H3,(H,18,19)(H2,16,17,20)/t10-/m1/s1. The maximum absolute atomic E-state index is 13.4. The van der Waals surface area contributed by atoms with Gasteiger partial charge in [0.05, 0.1) is 6.04 Å². The third-order valence-corrected chi connectivity index (χ3v) is 2.90. The molecule has 6 heteroatoms. The fraction of sp³-hybridized carbons (Fsp3) is 0.429. The summed E-state index contributed by atoms with van der Waals surface area (Å²) < 4.78 is 13.4. The predicted molar refractivity (Wildman–Crippen MR) is 73.0 cm³/mol. The van der Waals surface area contributed by atoms with Crippen molar-refractivity contribution >= 4 is 12.0 Å². The van der Waals surface area contributed by atoms with E-state index in [1.54, 1.807) is 26.0 Å². The Morgan fingerprint density at radius 1 is 1.40 bits per heavy atom. The zero-order chi connectivity index (χ0) is 15.1. The molecule has 0 saturated heterocycles. The van der Waals surface area contributed by atoms with Gasteiger partial charge in [-0.1, -0.05) is 12.1 Å². The number of nitrogens with one attached hydrogen (secondary N) is 2. The van der Waals surface area contributed by atoms with Crippen LogP contribution in [-0.4, -0.2) is 23.7 Å². The SMILES string of the molecule is Cc1ccc([C@@H](C)NC(=O)NCCCC(=O)O)cc1F. The molecule has 0 radical (unpaired) electrons. The van der Waals surface area contributed by atoms with Gasteiger partial charge >= 0.3 is 12.0 Å². The first kappa shape index (κ1) is 15.9. The molecule has 5 nitrogen and oxygen atoms in total. The number of urea groups is 1. The highest BCUT2D eigenvalue weighted by Crippen LogP contribution is 2.16. The second-order valence-corrected chi connectivity index (χ2v) is 4.63. The van der Waals surface area contributed by atoms with Gasteiger partial charge < -0.3 is 15.7 Å². The molecule has 1 atom stereocenters. The van der Waals surface area contributed by atoms with Crippen LogP contribution < -0.4 is 10.6 Å². The molecule has 2 amide bonds. The topological polar surface area (TPSA) is 78.4 Å². The molecular weight excluding hydrogens is 263 g/mol. The van der Waals surface area contributed by atoms with E-state index in [4.69, 9.17) is 5.11 Å². The van der Waals surface area contributed by atoms with E-state index in [9.17, 15) is 14.0 Å². The first-order valence-electron chi connectivity index (χ1n) is 6.42. The predicted octanol–water partition coefficient (Wildman–Crippen LogP) is 2.36. The second kappa shape index (κ2) is 7.47. The molecule has 0 aromatic heterocycles. The minimum atomic E-state index is -0.893. The minimum absolute atomic E-state index is 0.0129. The maximum Gasteiger partial charge on any atom is 0.315 e. The van der Waals surface area contributed by atoms with Crippen LogP contribution in [0.15, 0.2) is 18.2 Å². The number of carbonyl (C=O) groups is 2. The summed E-state index contributed by atoms with van der Waals surface area (Å²) in [4.78, 5) is 21.9. The number of amides is 2. The average Bonchev–Trinajstić information content (AvgIpc) is 2.37.